The van der Waals surface area contributed by atoms with E-state index in [1.54, 1.807) is 0 Å². The minimum absolute atomic E-state index is 0.270. The van der Waals surface area contributed by atoms with E-state index in [1.165, 1.54) is 6.42 Å². The summed E-state index contributed by atoms with van der Waals surface area (Å²) in [6.07, 6.45) is 5.47. The van der Waals surface area contributed by atoms with Crippen LogP contribution in [0, 0.1) is 0 Å². The third-order valence-corrected chi connectivity index (χ3v) is 3.78. The minimum atomic E-state index is 0.270. The summed E-state index contributed by atoms with van der Waals surface area (Å²) in [5.74, 6) is 0. The Balaban J connectivity index is 1.96. The highest BCUT2D eigenvalue weighted by atomic mass is 16.3. The zero-order valence-corrected chi connectivity index (χ0v) is 10.8. The van der Waals surface area contributed by atoms with Crippen LogP contribution in [0.4, 0.5) is 0 Å². The third-order valence-electron chi connectivity index (χ3n) is 3.78. The van der Waals surface area contributed by atoms with Gasteiger partial charge in [-0.2, -0.15) is 5.10 Å². The smallest absolute Gasteiger partial charge is 0.0765 e. The maximum atomic E-state index is 9.28. The van der Waals surface area contributed by atoms with Gasteiger partial charge in [0.25, 0.3) is 0 Å². The summed E-state index contributed by atoms with van der Waals surface area (Å²) in [5.41, 5.74) is 1.12. The summed E-state index contributed by atoms with van der Waals surface area (Å²) in [6, 6.07) is 2.90. The molecule has 0 spiro atoms. The first-order valence-corrected chi connectivity index (χ1v) is 6.63. The SMILES string of the molecule is CCC(C)n1ccc(CN2CCCC2CO)n1. The summed E-state index contributed by atoms with van der Waals surface area (Å²) >= 11 is 0. The summed E-state index contributed by atoms with van der Waals surface area (Å²) in [7, 11) is 0. The number of aliphatic hydroxyl groups excluding tert-OH is 1. The predicted molar refractivity (Wildman–Crippen MR) is 67.7 cm³/mol. The van der Waals surface area contributed by atoms with Gasteiger partial charge in [-0.05, 0) is 38.8 Å². The molecule has 96 valence electrons. The number of nitrogens with zero attached hydrogens (tertiary/aromatic N) is 3. The largest absolute Gasteiger partial charge is 0.395 e. The monoisotopic (exact) mass is 237 g/mol. The lowest BCUT2D eigenvalue weighted by atomic mass is 10.2. The van der Waals surface area contributed by atoms with E-state index in [9.17, 15) is 5.11 Å². The quantitative estimate of drug-likeness (QED) is 0.849. The van der Waals surface area contributed by atoms with Crippen LogP contribution in [0.1, 0.15) is 44.8 Å². The van der Waals surface area contributed by atoms with Crippen molar-refractivity contribution in [3.8, 4) is 0 Å². The summed E-state index contributed by atoms with van der Waals surface area (Å²) in [5, 5.41) is 13.9. The molecule has 4 heteroatoms. The lowest BCUT2D eigenvalue weighted by molar-refractivity contribution is 0.152. The second-order valence-corrected chi connectivity index (χ2v) is 4.99. The zero-order chi connectivity index (χ0) is 12.3. The lowest BCUT2D eigenvalue weighted by Gasteiger charge is -2.21. The number of likely N-dealkylation sites (tertiary alicyclic amines) is 1. The van der Waals surface area contributed by atoms with Gasteiger partial charge in [0.05, 0.1) is 12.3 Å². The number of aliphatic hydroxyl groups is 1. The van der Waals surface area contributed by atoms with Crippen molar-refractivity contribution in [2.24, 2.45) is 0 Å². The van der Waals surface area contributed by atoms with Crippen molar-refractivity contribution in [1.82, 2.24) is 14.7 Å². The first-order chi connectivity index (χ1) is 8.24. The molecule has 1 aromatic rings. The van der Waals surface area contributed by atoms with E-state index < -0.39 is 0 Å². The van der Waals surface area contributed by atoms with Crippen molar-refractivity contribution in [3.05, 3.63) is 18.0 Å². The van der Waals surface area contributed by atoms with Crippen LogP contribution in [-0.4, -0.2) is 39.0 Å². The number of aromatic nitrogens is 2. The molecule has 2 heterocycles. The van der Waals surface area contributed by atoms with Gasteiger partial charge < -0.3 is 5.11 Å². The molecule has 1 N–H and O–H groups in total. The minimum Gasteiger partial charge on any atom is -0.395 e. The molecule has 2 unspecified atom stereocenters. The van der Waals surface area contributed by atoms with Crippen molar-refractivity contribution in [2.45, 2.75) is 51.7 Å². The number of rotatable bonds is 5. The molecule has 1 aromatic heterocycles. The van der Waals surface area contributed by atoms with Gasteiger partial charge in [-0.1, -0.05) is 6.92 Å². The van der Waals surface area contributed by atoms with Crippen LogP contribution >= 0.6 is 0 Å². The van der Waals surface area contributed by atoms with Gasteiger partial charge in [0, 0.05) is 24.8 Å². The van der Waals surface area contributed by atoms with E-state index in [2.05, 4.69) is 36.1 Å². The van der Waals surface area contributed by atoms with Gasteiger partial charge in [0.15, 0.2) is 0 Å². The van der Waals surface area contributed by atoms with E-state index in [0.29, 0.717) is 12.1 Å². The molecule has 0 aromatic carbocycles. The van der Waals surface area contributed by atoms with E-state index in [-0.39, 0.29) is 6.61 Å². The first-order valence-electron chi connectivity index (χ1n) is 6.63. The third kappa shape index (κ3) is 2.87. The standard InChI is InChI=1S/C13H23N3O/c1-3-11(2)16-8-6-12(14-16)9-15-7-4-5-13(15)10-17/h6,8,11,13,17H,3-5,7,9-10H2,1-2H3. The highest BCUT2D eigenvalue weighted by Gasteiger charge is 2.24. The fourth-order valence-electron chi connectivity index (χ4n) is 2.41. The van der Waals surface area contributed by atoms with Crippen LogP contribution in [0.25, 0.3) is 0 Å². The van der Waals surface area contributed by atoms with E-state index in [0.717, 1.165) is 31.6 Å². The highest BCUT2D eigenvalue weighted by Crippen LogP contribution is 2.19. The van der Waals surface area contributed by atoms with Crippen LogP contribution in [0.2, 0.25) is 0 Å². The van der Waals surface area contributed by atoms with Crippen molar-refractivity contribution < 1.29 is 5.11 Å². The molecule has 0 bridgehead atoms. The van der Waals surface area contributed by atoms with Gasteiger partial charge in [0.2, 0.25) is 0 Å². The predicted octanol–water partition coefficient (Wildman–Crippen LogP) is 1.81. The fourth-order valence-corrected chi connectivity index (χ4v) is 2.41. The molecule has 0 aliphatic carbocycles. The Kier molecular flexibility index (Phi) is 4.18. The Morgan fingerprint density at radius 1 is 1.59 bits per heavy atom. The van der Waals surface area contributed by atoms with Crippen molar-refractivity contribution in [2.75, 3.05) is 13.2 Å². The fraction of sp³-hybridized carbons (Fsp3) is 0.769. The lowest BCUT2D eigenvalue weighted by Crippen LogP contribution is -2.31. The topological polar surface area (TPSA) is 41.3 Å². The molecule has 1 saturated heterocycles. The van der Waals surface area contributed by atoms with Crippen LogP contribution < -0.4 is 0 Å². The van der Waals surface area contributed by atoms with Gasteiger partial charge in [-0.15, -0.1) is 0 Å². The Morgan fingerprint density at radius 2 is 2.41 bits per heavy atom. The van der Waals surface area contributed by atoms with Gasteiger partial charge in [-0.3, -0.25) is 9.58 Å². The Labute approximate surface area is 103 Å². The maximum Gasteiger partial charge on any atom is 0.0765 e. The summed E-state index contributed by atoms with van der Waals surface area (Å²) in [4.78, 5) is 2.34. The molecule has 2 atom stereocenters. The first kappa shape index (κ1) is 12.6. The molecule has 0 radical (unpaired) electrons. The molecule has 0 amide bonds. The normalized spacial score (nSPS) is 23.1. The average molecular weight is 237 g/mol. The molecule has 17 heavy (non-hydrogen) atoms. The number of hydrogen-bond donors (Lipinski definition) is 1. The van der Waals surface area contributed by atoms with Gasteiger partial charge >= 0.3 is 0 Å². The molecule has 1 fully saturated rings. The highest BCUT2D eigenvalue weighted by molar-refractivity contribution is 5.00. The van der Waals surface area contributed by atoms with Crippen LogP contribution in [0.15, 0.2) is 12.3 Å². The molecule has 1 aliphatic rings. The van der Waals surface area contributed by atoms with Crippen LogP contribution in [-0.2, 0) is 6.54 Å². The average Bonchev–Trinajstić information content (AvgIpc) is 2.97. The van der Waals surface area contributed by atoms with E-state index in [1.807, 2.05) is 4.68 Å². The number of hydrogen-bond acceptors (Lipinski definition) is 3. The summed E-state index contributed by atoms with van der Waals surface area (Å²) in [6.45, 7) is 6.58. The summed E-state index contributed by atoms with van der Waals surface area (Å²) < 4.78 is 2.04. The van der Waals surface area contributed by atoms with Gasteiger partial charge in [0.1, 0.15) is 0 Å². The van der Waals surface area contributed by atoms with Crippen LogP contribution in [0.3, 0.4) is 0 Å². The van der Waals surface area contributed by atoms with Crippen molar-refractivity contribution in [3.63, 3.8) is 0 Å². The van der Waals surface area contributed by atoms with Crippen molar-refractivity contribution >= 4 is 0 Å². The Morgan fingerprint density at radius 3 is 3.12 bits per heavy atom. The maximum absolute atomic E-state index is 9.28. The molecule has 4 nitrogen and oxygen atoms in total. The molecule has 0 saturated carbocycles. The molecule has 1 aliphatic heterocycles. The Hall–Kier alpha value is -0.870. The van der Waals surface area contributed by atoms with E-state index >= 15 is 0 Å². The van der Waals surface area contributed by atoms with E-state index in [4.69, 9.17) is 0 Å². The second kappa shape index (κ2) is 5.65. The molecular formula is C13H23N3O. The van der Waals surface area contributed by atoms with Crippen LogP contribution in [0.5, 0.6) is 0 Å². The molecule has 2 rings (SSSR count). The second-order valence-electron chi connectivity index (χ2n) is 4.99. The van der Waals surface area contributed by atoms with Gasteiger partial charge in [-0.25, -0.2) is 0 Å². The zero-order valence-electron chi connectivity index (χ0n) is 10.8. The van der Waals surface area contributed by atoms with Crippen molar-refractivity contribution in [1.29, 1.82) is 0 Å². The Bertz CT molecular complexity index is 350. The molecular weight excluding hydrogens is 214 g/mol.